The molecular weight excluding hydrogens is 330 g/mol. The van der Waals surface area contributed by atoms with Crippen LogP contribution in [0.1, 0.15) is 30.6 Å². The lowest BCUT2D eigenvalue weighted by molar-refractivity contribution is 0.0868. The van der Waals surface area contributed by atoms with Crippen molar-refractivity contribution in [1.29, 1.82) is 0 Å². The number of nitrogens with one attached hydrogen (secondary N) is 2. The SMILES string of the molecule is CC1(C)CNCCC1NC(=O)c1cncc(Br)c1.Cl. The van der Waals surface area contributed by atoms with Crippen LogP contribution in [0.5, 0.6) is 0 Å². The summed E-state index contributed by atoms with van der Waals surface area (Å²) >= 11 is 3.33. The Balaban J connectivity index is 0.00000180. The van der Waals surface area contributed by atoms with E-state index in [0.717, 1.165) is 24.0 Å². The Kier molecular flexibility index (Phi) is 5.77. The maximum atomic E-state index is 12.2. The van der Waals surface area contributed by atoms with E-state index in [2.05, 4.69) is 45.4 Å². The maximum Gasteiger partial charge on any atom is 0.253 e. The quantitative estimate of drug-likeness (QED) is 0.863. The summed E-state index contributed by atoms with van der Waals surface area (Å²) in [5, 5.41) is 6.47. The number of halogens is 2. The van der Waals surface area contributed by atoms with E-state index in [4.69, 9.17) is 0 Å². The van der Waals surface area contributed by atoms with Crippen LogP contribution in [0, 0.1) is 5.41 Å². The number of aromatic nitrogens is 1. The molecule has 1 amide bonds. The Morgan fingerprint density at radius 2 is 2.26 bits per heavy atom. The lowest BCUT2D eigenvalue weighted by Gasteiger charge is -2.39. The van der Waals surface area contributed by atoms with Gasteiger partial charge in [-0.05, 0) is 40.4 Å². The van der Waals surface area contributed by atoms with E-state index in [1.807, 2.05) is 0 Å². The molecule has 2 heterocycles. The molecule has 0 saturated carbocycles. The van der Waals surface area contributed by atoms with Crippen molar-refractivity contribution in [3.63, 3.8) is 0 Å². The normalized spacial score (nSPS) is 21.3. The van der Waals surface area contributed by atoms with Crippen LogP contribution in [0.3, 0.4) is 0 Å². The van der Waals surface area contributed by atoms with Crippen molar-refractivity contribution in [2.24, 2.45) is 5.41 Å². The van der Waals surface area contributed by atoms with Crippen molar-refractivity contribution in [3.8, 4) is 0 Å². The number of amides is 1. The van der Waals surface area contributed by atoms with Crippen LogP contribution >= 0.6 is 28.3 Å². The van der Waals surface area contributed by atoms with E-state index in [9.17, 15) is 4.79 Å². The van der Waals surface area contributed by atoms with Crippen molar-refractivity contribution in [1.82, 2.24) is 15.6 Å². The van der Waals surface area contributed by atoms with Gasteiger partial charge in [-0.1, -0.05) is 13.8 Å². The van der Waals surface area contributed by atoms with Gasteiger partial charge in [-0.15, -0.1) is 12.4 Å². The van der Waals surface area contributed by atoms with Gasteiger partial charge >= 0.3 is 0 Å². The molecule has 1 aromatic heterocycles. The highest BCUT2D eigenvalue weighted by Gasteiger charge is 2.33. The molecule has 6 heteroatoms. The largest absolute Gasteiger partial charge is 0.349 e. The lowest BCUT2D eigenvalue weighted by Crippen LogP contribution is -2.54. The molecule has 0 bridgehead atoms. The highest BCUT2D eigenvalue weighted by atomic mass is 79.9. The Morgan fingerprint density at radius 1 is 1.53 bits per heavy atom. The average molecular weight is 349 g/mol. The minimum Gasteiger partial charge on any atom is -0.349 e. The van der Waals surface area contributed by atoms with Crippen molar-refractivity contribution >= 4 is 34.2 Å². The molecule has 106 valence electrons. The fourth-order valence-electron chi connectivity index (χ4n) is 2.22. The molecule has 1 aromatic rings. The second kappa shape index (κ2) is 6.68. The van der Waals surface area contributed by atoms with Crippen LogP contribution in [0.25, 0.3) is 0 Å². The predicted octanol–water partition coefficient (Wildman–Crippen LogP) is 2.38. The molecule has 2 rings (SSSR count). The Morgan fingerprint density at radius 3 is 2.89 bits per heavy atom. The standard InChI is InChI=1S/C13H18BrN3O.ClH/c1-13(2)8-15-4-3-11(13)17-12(18)9-5-10(14)7-16-6-9;/h5-7,11,15H,3-4,8H2,1-2H3,(H,17,18);1H. The van der Waals surface area contributed by atoms with Gasteiger partial charge in [0.15, 0.2) is 0 Å². The van der Waals surface area contributed by atoms with Crippen LogP contribution < -0.4 is 10.6 Å². The van der Waals surface area contributed by atoms with E-state index < -0.39 is 0 Å². The molecule has 1 atom stereocenters. The zero-order valence-electron chi connectivity index (χ0n) is 11.1. The number of hydrogen-bond acceptors (Lipinski definition) is 3. The predicted molar refractivity (Wildman–Crippen MR) is 81.7 cm³/mol. The molecule has 1 unspecified atom stereocenters. The summed E-state index contributed by atoms with van der Waals surface area (Å²) < 4.78 is 0.819. The second-order valence-corrected chi connectivity index (χ2v) is 6.29. The summed E-state index contributed by atoms with van der Waals surface area (Å²) in [6.45, 7) is 6.21. The van der Waals surface area contributed by atoms with Gasteiger partial charge in [0.05, 0.1) is 5.56 Å². The summed E-state index contributed by atoms with van der Waals surface area (Å²) in [6.07, 6.45) is 4.22. The highest BCUT2D eigenvalue weighted by molar-refractivity contribution is 9.10. The van der Waals surface area contributed by atoms with E-state index >= 15 is 0 Å². The lowest BCUT2D eigenvalue weighted by atomic mass is 9.80. The first kappa shape index (κ1) is 16.4. The fourth-order valence-corrected chi connectivity index (χ4v) is 2.58. The number of piperidine rings is 1. The Labute approximate surface area is 128 Å². The summed E-state index contributed by atoms with van der Waals surface area (Å²) in [6, 6.07) is 1.99. The first-order chi connectivity index (χ1) is 8.49. The van der Waals surface area contributed by atoms with Gasteiger partial charge in [0.25, 0.3) is 5.91 Å². The molecule has 0 aromatic carbocycles. The molecule has 0 spiro atoms. The molecule has 1 aliphatic rings. The third-order valence-corrected chi connectivity index (χ3v) is 3.84. The zero-order chi connectivity index (χ0) is 13.2. The average Bonchev–Trinajstić information content (AvgIpc) is 2.31. The number of hydrogen-bond donors (Lipinski definition) is 2. The molecule has 1 aliphatic heterocycles. The number of rotatable bonds is 2. The Hall–Kier alpha value is -0.650. The van der Waals surface area contributed by atoms with Gasteiger partial charge in [0, 0.05) is 29.5 Å². The van der Waals surface area contributed by atoms with Gasteiger partial charge in [-0.25, -0.2) is 0 Å². The van der Waals surface area contributed by atoms with Gasteiger partial charge in [0.1, 0.15) is 0 Å². The summed E-state index contributed by atoms with van der Waals surface area (Å²) in [4.78, 5) is 16.2. The maximum absolute atomic E-state index is 12.2. The molecule has 19 heavy (non-hydrogen) atoms. The number of nitrogens with zero attached hydrogens (tertiary/aromatic N) is 1. The van der Waals surface area contributed by atoms with Crippen LogP contribution in [-0.4, -0.2) is 30.0 Å². The summed E-state index contributed by atoms with van der Waals surface area (Å²) in [5.41, 5.74) is 0.673. The monoisotopic (exact) mass is 347 g/mol. The van der Waals surface area contributed by atoms with E-state index in [1.165, 1.54) is 0 Å². The van der Waals surface area contributed by atoms with Gasteiger partial charge in [0.2, 0.25) is 0 Å². The Bertz CT molecular complexity index is 453. The van der Waals surface area contributed by atoms with Gasteiger partial charge in [-0.3, -0.25) is 9.78 Å². The highest BCUT2D eigenvalue weighted by Crippen LogP contribution is 2.25. The van der Waals surface area contributed by atoms with E-state index in [-0.39, 0.29) is 29.8 Å². The van der Waals surface area contributed by atoms with Crippen LogP contribution in [0.2, 0.25) is 0 Å². The second-order valence-electron chi connectivity index (χ2n) is 5.37. The third-order valence-electron chi connectivity index (χ3n) is 3.41. The number of pyridine rings is 1. The minimum atomic E-state index is -0.0521. The van der Waals surface area contributed by atoms with Gasteiger partial charge < -0.3 is 10.6 Å². The molecule has 4 nitrogen and oxygen atoms in total. The third kappa shape index (κ3) is 4.16. The van der Waals surface area contributed by atoms with Crippen molar-refractivity contribution in [2.75, 3.05) is 13.1 Å². The minimum absolute atomic E-state index is 0. The number of carbonyl (C=O) groups is 1. The van der Waals surface area contributed by atoms with E-state index in [1.54, 1.807) is 18.5 Å². The van der Waals surface area contributed by atoms with Crippen molar-refractivity contribution < 1.29 is 4.79 Å². The first-order valence-electron chi connectivity index (χ1n) is 6.11. The van der Waals surface area contributed by atoms with Crippen LogP contribution in [0.15, 0.2) is 22.9 Å². The van der Waals surface area contributed by atoms with Crippen LogP contribution in [-0.2, 0) is 0 Å². The summed E-state index contributed by atoms with van der Waals surface area (Å²) in [5.74, 6) is -0.0521. The molecule has 0 radical (unpaired) electrons. The molecule has 2 N–H and O–H groups in total. The summed E-state index contributed by atoms with van der Waals surface area (Å²) in [7, 11) is 0. The fraction of sp³-hybridized carbons (Fsp3) is 0.538. The van der Waals surface area contributed by atoms with Crippen molar-refractivity contribution in [3.05, 3.63) is 28.5 Å². The number of carbonyl (C=O) groups excluding carboxylic acids is 1. The topological polar surface area (TPSA) is 54.0 Å². The van der Waals surface area contributed by atoms with Gasteiger partial charge in [-0.2, -0.15) is 0 Å². The van der Waals surface area contributed by atoms with E-state index in [0.29, 0.717) is 5.56 Å². The van der Waals surface area contributed by atoms with Crippen LogP contribution in [0.4, 0.5) is 0 Å². The first-order valence-corrected chi connectivity index (χ1v) is 6.90. The molecule has 0 aliphatic carbocycles. The van der Waals surface area contributed by atoms with Crippen molar-refractivity contribution in [2.45, 2.75) is 26.3 Å². The molecular formula is C13H19BrClN3O. The smallest absolute Gasteiger partial charge is 0.253 e. The zero-order valence-corrected chi connectivity index (χ0v) is 13.5. The molecule has 1 saturated heterocycles. The molecule has 1 fully saturated rings.